The number of ether oxygens (including phenoxy) is 1. The molecule has 15 heavy (non-hydrogen) atoms. The lowest BCUT2D eigenvalue weighted by atomic mass is 10.2. The number of likely N-dealkylation sites (N-methyl/N-ethyl adjacent to an activating group) is 1. The van der Waals surface area contributed by atoms with Gasteiger partial charge in [-0.1, -0.05) is 0 Å². The molecular formula is C11H24N2O2. The molecule has 2 N–H and O–H groups in total. The normalized spacial score (nSPS) is 10.3. The van der Waals surface area contributed by atoms with E-state index in [4.69, 9.17) is 10.5 Å². The summed E-state index contributed by atoms with van der Waals surface area (Å²) in [7, 11) is 0. The lowest BCUT2D eigenvalue weighted by molar-refractivity contribution is -0.131. The Hall–Kier alpha value is -0.610. The molecule has 0 unspecified atom stereocenters. The maximum Gasteiger partial charge on any atom is 0.222 e. The number of carbonyl (C=O) groups is 1. The number of amides is 1. The van der Waals surface area contributed by atoms with E-state index in [0.717, 1.165) is 19.4 Å². The van der Waals surface area contributed by atoms with E-state index in [9.17, 15) is 4.79 Å². The average molecular weight is 216 g/mol. The predicted octanol–water partition coefficient (Wildman–Crippen LogP) is 1.00. The molecule has 0 aliphatic carbocycles. The van der Waals surface area contributed by atoms with E-state index in [0.29, 0.717) is 32.7 Å². The minimum Gasteiger partial charge on any atom is -0.380 e. The van der Waals surface area contributed by atoms with Crippen molar-refractivity contribution < 1.29 is 9.53 Å². The van der Waals surface area contributed by atoms with Crippen LogP contribution in [0.15, 0.2) is 0 Å². The first-order valence-corrected chi connectivity index (χ1v) is 5.81. The molecule has 0 aromatic rings. The van der Waals surface area contributed by atoms with Crippen LogP contribution in [-0.2, 0) is 9.53 Å². The first-order valence-electron chi connectivity index (χ1n) is 5.81. The van der Waals surface area contributed by atoms with Crippen molar-refractivity contribution in [1.29, 1.82) is 0 Å². The Morgan fingerprint density at radius 3 is 2.60 bits per heavy atom. The van der Waals surface area contributed by atoms with Gasteiger partial charge >= 0.3 is 0 Å². The highest BCUT2D eigenvalue weighted by molar-refractivity contribution is 5.76. The summed E-state index contributed by atoms with van der Waals surface area (Å²) in [6.07, 6.45) is 2.42. The van der Waals surface area contributed by atoms with Crippen LogP contribution in [0.25, 0.3) is 0 Å². The second kappa shape index (κ2) is 9.93. The monoisotopic (exact) mass is 216 g/mol. The van der Waals surface area contributed by atoms with Gasteiger partial charge in [0.25, 0.3) is 0 Å². The summed E-state index contributed by atoms with van der Waals surface area (Å²) in [5.74, 6) is 0.214. The summed E-state index contributed by atoms with van der Waals surface area (Å²) in [6, 6.07) is 0. The fourth-order valence-electron chi connectivity index (χ4n) is 1.36. The zero-order chi connectivity index (χ0) is 11.5. The van der Waals surface area contributed by atoms with E-state index in [1.165, 1.54) is 0 Å². The Labute approximate surface area is 92.8 Å². The number of nitrogens with two attached hydrogens (primary N) is 1. The second-order valence-corrected chi connectivity index (χ2v) is 3.42. The molecule has 0 aromatic heterocycles. The summed E-state index contributed by atoms with van der Waals surface area (Å²) < 4.78 is 5.23. The summed E-state index contributed by atoms with van der Waals surface area (Å²) in [5.41, 5.74) is 5.38. The molecule has 0 aromatic carbocycles. The number of nitrogens with zero attached hydrogens (tertiary/aromatic N) is 1. The molecule has 90 valence electrons. The van der Waals surface area contributed by atoms with Gasteiger partial charge in [-0.3, -0.25) is 4.79 Å². The van der Waals surface area contributed by atoms with Gasteiger partial charge in [-0.05, 0) is 33.2 Å². The third kappa shape index (κ3) is 7.33. The minimum atomic E-state index is 0.214. The fraction of sp³-hybridized carbons (Fsp3) is 0.909. The molecule has 0 fully saturated rings. The molecular weight excluding hydrogens is 192 g/mol. The maximum absolute atomic E-state index is 11.7. The van der Waals surface area contributed by atoms with Crippen molar-refractivity contribution >= 4 is 5.91 Å². The lowest BCUT2D eigenvalue weighted by Crippen LogP contribution is -2.33. The lowest BCUT2D eigenvalue weighted by Gasteiger charge is -2.20. The van der Waals surface area contributed by atoms with Crippen molar-refractivity contribution in [3.05, 3.63) is 0 Å². The molecule has 0 rings (SSSR count). The SMILES string of the molecule is CCOCCN(CC)C(=O)CCCCN. The molecule has 0 aliphatic rings. The van der Waals surface area contributed by atoms with Gasteiger partial charge in [0, 0.05) is 26.1 Å². The smallest absolute Gasteiger partial charge is 0.222 e. The Morgan fingerprint density at radius 1 is 1.33 bits per heavy atom. The highest BCUT2D eigenvalue weighted by atomic mass is 16.5. The van der Waals surface area contributed by atoms with E-state index in [1.54, 1.807) is 0 Å². The fourth-order valence-corrected chi connectivity index (χ4v) is 1.36. The molecule has 0 spiro atoms. The first kappa shape index (κ1) is 14.4. The van der Waals surface area contributed by atoms with Gasteiger partial charge in [-0.2, -0.15) is 0 Å². The number of unbranched alkanes of at least 4 members (excludes halogenated alkanes) is 1. The standard InChI is InChI=1S/C11H24N2O2/c1-3-13(9-10-15-4-2)11(14)7-5-6-8-12/h3-10,12H2,1-2H3. The molecule has 0 bridgehead atoms. The van der Waals surface area contributed by atoms with Crippen molar-refractivity contribution in [1.82, 2.24) is 4.90 Å². The average Bonchev–Trinajstić information content (AvgIpc) is 2.24. The van der Waals surface area contributed by atoms with Crippen molar-refractivity contribution in [2.24, 2.45) is 5.73 Å². The van der Waals surface area contributed by atoms with Crippen LogP contribution in [-0.4, -0.2) is 43.7 Å². The van der Waals surface area contributed by atoms with Crippen LogP contribution in [0.4, 0.5) is 0 Å². The second-order valence-electron chi connectivity index (χ2n) is 3.42. The van der Waals surface area contributed by atoms with Gasteiger partial charge in [0.2, 0.25) is 5.91 Å². The summed E-state index contributed by atoms with van der Waals surface area (Å²) in [4.78, 5) is 13.5. The van der Waals surface area contributed by atoms with Crippen LogP contribution in [0.5, 0.6) is 0 Å². The Bertz CT molecular complexity index is 163. The van der Waals surface area contributed by atoms with Crippen LogP contribution in [0.2, 0.25) is 0 Å². The van der Waals surface area contributed by atoms with Crippen molar-refractivity contribution in [3.8, 4) is 0 Å². The largest absolute Gasteiger partial charge is 0.380 e. The maximum atomic E-state index is 11.7. The summed E-state index contributed by atoms with van der Waals surface area (Å²) in [6.45, 7) is 7.41. The highest BCUT2D eigenvalue weighted by Crippen LogP contribution is 2.00. The van der Waals surface area contributed by atoms with Crippen LogP contribution >= 0.6 is 0 Å². The number of rotatable bonds is 9. The van der Waals surface area contributed by atoms with Gasteiger partial charge in [0.1, 0.15) is 0 Å². The topological polar surface area (TPSA) is 55.6 Å². The minimum absolute atomic E-state index is 0.214. The molecule has 0 heterocycles. The number of hydrogen-bond acceptors (Lipinski definition) is 3. The van der Waals surface area contributed by atoms with Crippen molar-refractivity contribution in [2.45, 2.75) is 33.1 Å². The molecule has 4 nitrogen and oxygen atoms in total. The summed E-state index contributed by atoms with van der Waals surface area (Å²) >= 11 is 0. The molecule has 0 saturated heterocycles. The molecule has 0 aliphatic heterocycles. The molecule has 0 radical (unpaired) electrons. The number of carbonyl (C=O) groups excluding carboxylic acids is 1. The van der Waals surface area contributed by atoms with Gasteiger partial charge in [0.05, 0.1) is 6.61 Å². The number of hydrogen-bond donors (Lipinski definition) is 1. The van der Waals surface area contributed by atoms with E-state index >= 15 is 0 Å². The van der Waals surface area contributed by atoms with Gasteiger partial charge in [0.15, 0.2) is 0 Å². The zero-order valence-corrected chi connectivity index (χ0v) is 10.00. The Kier molecular flexibility index (Phi) is 9.52. The van der Waals surface area contributed by atoms with Crippen molar-refractivity contribution in [2.75, 3.05) is 32.8 Å². The third-order valence-electron chi connectivity index (χ3n) is 2.29. The van der Waals surface area contributed by atoms with Crippen LogP contribution in [0.1, 0.15) is 33.1 Å². The third-order valence-corrected chi connectivity index (χ3v) is 2.29. The van der Waals surface area contributed by atoms with Crippen LogP contribution in [0, 0.1) is 0 Å². The van der Waals surface area contributed by atoms with Gasteiger partial charge < -0.3 is 15.4 Å². The Morgan fingerprint density at radius 2 is 2.07 bits per heavy atom. The van der Waals surface area contributed by atoms with Crippen LogP contribution in [0.3, 0.4) is 0 Å². The highest BCUT2D eigenvalue weighted by Gasteiger charge is 2.10. The van der Waals surface area contributed by atoms with Crippen molar-refractivity contribution in [3.63, 3.8) is 0 Å². The summed E-state index contributed by atoms with van der Waals surface area (Å²) in [5, 5.41) is 0. The zero-order valence-electron chi connectivity index (χ0n) is 10.00. The van der Waals surface area contributed by atoms with Gasteiger partial charge in [-0.15, -0.1) is 0 Å². The van der Waals surface area contributed by atoms with E-state index in [1.807, 2.05) is 18.7 Å². The van der Waals surface area contributed by atoms with Gasteiger partial charge in [-0.25, -0.2) is 0 Å². The molecule has 4 heteroatoms. The first-order chi connectivity index (χ1) is 7.26. The quantitative estimate of drug-likeness (QED) is 0.585. The Balaban J connectivity index is 3.67. The molecule has 1 amide bonds. The van der Waals surface area contributed by atoms with E-state index in [2.05, 4.69) is 0 Å². The van der Waals surface area contributed by atoms with E-state index < -0.39 is 0 Å². The molecule has 0 atom stereocenters. The van der Waals surface area contributed by atoms with E-state index in [-0.39, 0.29) is 5.91 Å². The predicted molar refractivity (Wildman–Crippen MR) is 61.7 cm³/mol. The van der Waals surface area contributed by atoms with Crippen LogP contribution < -0.4 is 5.73 Å². The molecule has 0 saturated carbocycles.